The summed E-state index contributed by atoms with van der Waals surface area (Å²) >= 11 is 6.86. The maximum Gasteiger partial charge on any atom is 0.252 e. The fraction of sp³-hybridized carbons (Fsp3) is 0.556. The minimum Gasteiger partial charge on any atom is -0.392 e. The Kier molecular flexibility index (Phi) is 4.36. The van der Waals surface area contributed by atoms with Gasteiger partial charge in [0, 0.05) is 13.6 Å². The monoisotopic (exact) mass is 283 g/mol. The number of aliphatic hydroxyl groups excluding tert-OH is 1. The lowest BCUT2D eigenvalue weighted by atomic mass is 10.4. The third-order valence-electron chi connectivity index (χ3n) is 2.02. The molecule has 92 valence electrons. The molecule has 1 N–H and O–H groups in total. The Labute approximate surface area is 105 Å². The van der Waals surface area contributed by atoms with Crippen molar-refractivity contribution in [2.45, 2.75) is 24.2 Å². The maximum atomic E-state index is 12.0. The van der Waals surface area contributed by atoms with E-state index in [1.807, 2.05) is 0 Å². The van der Waals surface area contributed by atoms with Crippen LogP contribution >= 0.6 is 22.9 Å². The molecule has 0 fully saturated rings. The van der Waals surface area contributed by atoms with Gasteiger partial charge in [0.05, 0.1) is 10.4 Å². The second kappa shape index (κ2) is 5.01. The van der Waals surface area contributed by atoms with E-state index >= 15 is 0 Å². The zero-order valence-electron chi connectivity index (χ0n) is 9.27. The second-order valence-corrected chi connectivity index (χ2v) is 7.58. The van der Waals surface area contributed by atoms with E-state index in [1.165, 1.54) is 7.05 Å². The van der Waals surface area contributed by atoms with Gasteiger partial charge in [0.15, 0.2) is 0 Å². The standard InChI is InChI=1S/C9H14ClNO3S2/c1-6-4-8(15-9(6)10)16(13,14)11(3)5-7(2)12/h4,7,12H,5H2,1-3H3. The molecule has 0 saturated carbocycles. The molecule has 1 heterocycles. The Morgan fingerprint density at radius 2 is 2.19 bits per heavy atom. The van der Waals surface area contributed by atoms with Gasteiger partial charge in [-0.15, -0.1) is 11.3 Å². The Bertz CT molecular complexity index is 448. The van der Waals surface area contributed by atoms with E-state index in [0.717, 1.165) is 21.2 Å². The Balaban J connectivity index is 3.02. The van der Waals surface area contributed by atoms with E-state index in [9.17, 15) is 8.42 Å². The van der Waals surface area contributed by atoms with Crippen molar-refractivity contribution in [2.24, 2.45) is 0 Å². The topological polar surface area (TPSA) is 57.6 Å². The van der Waals surface area contributed by atoms with Gasteiger partial charge in [0.2, 0.25) is 0 Å². The Hall–Kier alpha value is -0.140. The first-order valence-corrected chi connectivity index (χ1v) is 7.29. The number of aryl methyl sites for hydroxylation is 1. The molecular formula is C9H14ClNO3S2. The van der Waals surface area contributed by atoms with Gasteiger partial charge in [-0.25, -0.2) is 8.42 Å². The van der Waals surface area contributed by atoms with Crippen molar-refractivity contribution < 1.29 is 13.5 Å². The number of hydrogen-bond acceptors (Lipinski definition) is 4. The summed E-state index contributed by atoms with van der Waals surface area (Å²) in [5, 5.41) is 9.16. The number of hydrogen-bond donors (Lipinski definition) is 1. The Morgan fingerprint density at radius 3 is 2.56 bits per heavy atom. The van der Waals surface area contributed by atoms with Crippen LogP contribution in [-0.4, -0.2) is 37.5 Å². The molecule has 1 aromatic heterocycles. The second-order valence-electron chi connectivity index (χ2n) is 3.66. The van der Waals surface area contributed by atoms with Crippen molar-refractivity contribution in [3.8, 4) is 0 Å². The van der Waals surface area contributed by atoms with Crippen LogP contribution in [0.4, 0.5) is 0 Å². The third kappa shape index (κ3) is 2.95. The van der Waals surface area contributed by atoms with Crippen molar-refractivity contribution in [3.05, 3.63) is 16.0 Å². The van der Waals surface area contributed by atoms with Gasteiger partial charge < -0.3 is 5.11 Å². The summed E-state index contributed by atoms with van der Waals surface area (Å²) in [4.78, 5) is 0. The van der Waals surface area contributed by atoms with Crippen LogP contribution in [0.25, 0.3) is 0 Å². The smallest absolute Gasteiger partial charge is 0.252 e. The minimum atomic E-state index is -3.53. The van der Waals surface area contributed by atoms with Crippen molar-refractivity contribution in [1.29, 1.82) is 0 Å². The van der Waals surface area contributed by atoms with Crippen LogP contribution in [-0.2, 0) is 10.0 Å². The van der Waals surface area contributed by atoms with Gasteiger partial charge in [0.1, 0.15) is 4.21 Å². The quantitative estimate of drug-likeness (QED) is 0.915. The van der Waals surface area contributed by atoms with Gasteiger partial charge >= 0.3 is 0 Å². The van der Waals surface area contributed by atoms with Gasteiger partial charge in [-0.05, 0) is 25.5 Å². The summed E-state index contributed by atoms with van der Waals surface area (Å²) < 4.78 is 25.8. The van der Waals surface area contributed by atoms with Crippen LogP contribution in [0.1, 0.15) is 12.5 Å². The van der Waals surface area contributed by atoms with Crippen molar-refractivity contribution in [1.82, 2.24) is 4.31 Å². The Morgan fingerprint density at radius 1 is 1.62 bits per heavy atom. The molecule has 0 amide bonds. The number of halogens is 1. The molecular weight excluding hydrogens is 270 g/mol. The van der Waals surface area contributed by atoms with Crippen molar-refractivity contribution in [2.75, 3.05) is 13.6 Å². The van der Waals surface area contributed by atoms with E-state index in [0.29, 0.717) is 4.34 Å². The molecule has 4 nitrogen and oxygen atoms in total. The fourth-order valence-electron chi connectivity index (χ4n) is 1.18. The maximum absolute atomic E-state index is 12.0. The lowest BCUT2D eigenvalue weighted by Crippen LogP contribution is -2.32. The first-order valence-electron chi connectivity index (χ1n) is 4.65. The highest BCUT2D eigenvalue weighted by atomic mass is 35.5. The first kappa shape index (κ1) is 13.9. The summed E-state index contributed by atoms with van der Waals surface area (Å²) in [7, 11) is -2.09. The van der Waals surface area contributed by atoms with Crippen LogP contribution in [0.2, 0.25) is 4.34 Å². The summed E-state index contributed by atoms with van der Waals surface area (Å²) in [5.41, 5.74) is 0.746. The number of nitrogens with zero attached hydrogens (tertiary/aromatic N) is 1. The van der Waals surface area contributed by atoms with Crippen molar-refractivity contribution in [3.63, 3.8) is 0 Å². The van der Waals surface area contributed by atoms with E-state index in [2.05, 4.69) is 0 Å². The van der Waals surface area contributed by atoms with Crippen LogP contribution in [0.3, 0.4) is 0 Å². The molecule has 0 aromatic carbocycles. The van der Waals surface area contributed by atoms with E-state index < -0.39 is 16.1 Å². The number of aliphatic hydroxyl groups is 1. The number of likely N-dealkylation sites (N-methyl/N-ethyl adjacent to an activating group) is 1. The number of rotatable bonds is 4. The van der Waals surface area contributed by atoms with Gasteiger partial charge in [-0.3, -0.25) is 0 Å². The predicted octanol–water partition coefficient (Wildman–Crippen LogP) is 1.71. The first-order chi connectivity index (χ1) is 7.25. The molecule has 0 aliphatic heterocycles. The highest BCUT2D eigenvalue weighted by Gasteiger charge is 2.24. The normalized spacial score (nSPS) is 14.4. The lowest BCUT2D eigenvalue weighted by molar-refractivity contribution is 0.171. The molecule has 0 aliphatic rings. The summed E-state index contributed by atoms with van der Waals surface area (Å²) in [6.07, 6.45) is -0.698. The van der Waals surface area contributed by atoms with Crippen LogP contribution in [0.5, 0.6) is 0 Å². The molecule has 0 saturated heterocycles. The molecule has 0 spiro atoms. The molecule has 0 aliphatic carbocycles. The molecule has 0 radical (unpaired) electrons. The molecule has 7 heteroatoms. The van der Waals surface area contributed by atoms with Crippen LogP contribution in [0.15, 0.2) is 10.3 Å². The molecule has 16 heavy (non-hydrogen) atoms. The SMILES string of the molecule is Cc1cc(S(=O)(=O)N(C)CC(C)O)sc1Cl. The highest BCUT2D eigenvalue weighted by Crippen LogP contribution is 2.31. The van der Waals surface area contributed by atoms with Crippen molar-refractivity contribution >= 4 is 33.0 Å². The summed E-state index contributed by atoms with van der Waals surface area (Å²) in [6.45, 7) is 3.36. The van der Waals surface area contributed by atoms with Crippen LogP contribution in [0, 0.1) is 6.92 Å². The number of sulfonamides is 1. The lowest BCUT2D eigenvalue weighted by Gasteiger charge is -2.17. The van der Waals surface area contributed by atoms with E-state index in [1.54, 1.807) is 19.9 Å². The third-order valence-corrected chi connectivity index (χ3v) is 5.85. The van der Waals surface area contributed by atoms with E-state index in [4.69, 9.17) is 16.7 Å². The number of thiophene rings is 1. The largest absolute Gasteiger partial charge is 0.392 e. The average Bonchev–Trinajstić information content (AvgIpc) is 2.46. The molecule has 0 bridgehead atoms. The fourth-order valence-corrected chi connectivity index (χ4v) is 4.35. The van der Waals surface area contributed by atoms with Crippen LogP contribution < -0.4 is 0 Å². The van der Waals surface area contributed by atoms with Gasteiger partial charge in [0.25, 0.3) is 10.0 Å². The van der Waals surface area contributed by atoms with Gasteiger partial charge in [-0.2, -0.15) is 4.31 Å². The van der Waals surface area contributed by atoms with E-state index in [-0.39, 0.29) is 10.8 Å². The minimum absolute atomic E-state index is 0.0664. The molecule has 1 rings (SSSR count). The average molecular weight is 284 g/mol. The van der Waals surface area contributed by atoms with Gasteiger partial charge in [-0.1, -0.05) is 11.6 Å². The molecule has 1 atom stereocenters. The highest BCUT2D eigenvalue weighted by molar-refractivity contribution is 7.91. The summed E-state index contributed by atoms with van der Waals surface area (Å²) in [6, 6.07) is 1.54. The molecule has 1 unspecified atom stereocenters. The molecule has 1 aromatic rings. The zero-order valence-corrected chi connectivity index (χ0v) is 11.7. The summed E-state index contributed by atoms with van der Waals surface area (Å²) in [5.74, 6) is 0. The zero-order chi connectivity index (χ0) is 12.5. The predicted molar refractivity (Wildman–Crippen MR) is 65.6 cm³/mol.